The van der Waals surface area contributed by atoms with Crippen LogP contribution in [0.4, 0.5) is 8.78 Å². The summed E-state index contributed by atoms with van der Waals surface area (Å²) in [6.45, 7) is 1.03. The monoisotopic (exact) mass is 371 g/mol. The van der Waals surface area contributed by atoms with Gasteiger partial charge in [-0.25, -0.2) is 8.78 Å². The fourth-order valence-electron chi connectivity index (χ4n) is 3.33. The molecule has 1 aliphatic carbocycles. The number of carbonyl (C=O) groups is 2. The van der Waals surface area contributed by atoms with Gasteiger partial charge in [0.1, 0.15) is 5.92 Å². The van der Waals surface area contributed by atoms with Gasteiger partial charge < -0.3 is 15.5 Å². The number of rotatable bonds is 4. The Kier molecular flexibility index (Phi) is 4.97. The SMILES string of the molecule is NC[C@@H]1[C@H](C(=O)N2CCN(C(=O)Cc3cccc(Cl)c3)CC2)C1(F)F. The third-order valence-corrected chi connectivity index (χ3v) is 5.15. The van der Waals surface area contributed by atoms with Gasteiger partial charge in [-0.05, 0) is 17.7 Å². The third-order valence-electron chi connectivity index (χ3n) is 4.91. The van der Waals surface area contributed by atoms with Gasteiger partial charge in [0.15, 0.2) is 0 Å². The lowest BCUT2D eigenvalue weighted by Crippen LogP contribution is -2.51. The van der Waals surface area contributed by atoms with Gasteiger partial charge >= 0.3 is 0 Å². The molecule has 2 fully saturated rings. The fraction of sp³-hybridized carbons (Fsp3) is 0.529. The molecule has 1 saturated carbocycles. The van der Waals surface area contributed by atoms with Crippen LogP contribution in [0.2, 0.25) is 5.02 Å². The lowest BCUT2D eigenvalue weighted by molar-refractivity contribution is -0.141. The van der Waals surface area contributed by atoms with E-state index in [9.17, 15) is 18.4 Å². The topological polar surface area (TPSA) is 66.6 Å². The van der Waals surface area contributed by atoms with Crippen LogP contribution in [0.5, 0.6) is 0 Å². The zero-order valence-electron chi connectivity index (χ0n) is 13.6. The van der Waals surface area contributed by atoms with E-state index in [1.165, 1.54) is 4.90 Å². The van der Waals surface area contributed by atoms with Crippen LogP contribution in [0, 0.1) is 11.8 Å². The Labute approximate surface area is 149 Å². The molecule has 2 aliphatic rings. The van der Waals surface area contributed by atoms with Crippen LogP contribution in [0.3, 0.4) is 0 Å². The second-order valence-corrected chi connectivity index (χ2v) is 6.94. The number of nitrogens with zero attached hydrogens (tertiary/aromatic N) is 2. The second-order valence-electron chi connectivity index (χ2n) is 6.51. The molecule has 2 amide bonds. The average molecular weight is 372 g/mol. The molecular weight excluding hydrogens is 352 g/mol. The maximum atomic E-state index is 13.5. The highest BCUT2D eigenvalue weighted by molar-refractivity contribution is 6.30. The smallest absolute Gasteiger partial charge is 0.265 e. The summed E-state index contributed by atoms with van der Waals surface area (Å²) in [4.78, 5) is 27.6. The van der Waals surface area contributed by atoms with Crippen LogP contribution in [-0.4, -0.2) is 60.3 Å². The molecule has 2 N–H and O–H groups in total. The van der Waals surface area contributed by atoms with E-state index in [-0.39, 0.29) is 32.0 Å². The van der Waals surface area contributed by atoms with Gasteiger partial charge in [-0.15, -0.1) is 0 Å². The van der Waals surface area contributed by atoms with Gasteiger partial charge in [0, 0.05) is 37.7 Å². The Bertz CT molecular complexity index is 678. The number of alkyl halides is 2. The van der Waals surface area contributed by atoms with Crippen LogP contribution in [-0.2, 0) is 16.0 Å². The van der Waals surface area contributed by atoms with E-state index in [0.29, 0.717) is 18.1 Å². The summed E-state index contributed by atoms with van der Waals surface area (Å²) in [6.07, 6.45) is 0.227. The molecule has 2 atom stereocenters. The van der Waals surface area contributed by atoms with E-state index < -0.39 is 23.7 Å². The maximum absolute atomic E-state index is 13.5. The first-order valence-electron chi connectivity index (χ1n) is 8.23. The van der Waals surface area contributed by atoms with Crippen molar-refractivity contribution in [3.05, 3.63) is 34.9 Å². The summed E-state index contributed by atoms with van der Waals surface area (Å²) in [7, 11) is 0. The number of amides is 2. The first kappa shape index (κ1) is 18.1. The van der Waals surface area contributed by atoms with Crippen molar-refractivity contribution >= 4 is 23.4 Å². The number of carbonyl (C=O) groups excluding carboxylic acids is 2. The van der Waals surface area contributed by atoms with Crippen LogP contribution in [0.25, 0.3) is 0 Å². The predicted molar refractivity (Wildman–Crippen MR) is 89.3 cm³/mol. The molecule has 0 bridgehead atoms. The second kappa shape index (κ2) is 6.88. The molecule has 5 nitrogen and oxygen atoms in total. The standard InChI is InChI=1S/C17H20ClF2N3O2/c18-12-3-1-2-11(8-12)9-14(24)22-4-6-23(7-5-22)16(25)15-13(10-21)17(15,19)20/h1-3,8,13,15H,4-7,9-10,21H2/t13-,15-/m1/s1. The number of nitrogens with two attached hydrogens (primary N) is 1. The molecule has 1 aromatic carbocycles. The van der Waals surface area contributed by atoms with Gasteiger partial charge in [0.05, 0.1) is 12.3 Å². The highest BCUT2D eigenvalue weighted by Crippen LogP contribution is 2.55. The number of halogens is 3. The van der Waals surface area contributed by atoms with Crippen LogP contribution in [0.1, 0.15) is 5.56 Å². The summed E-state index contributed by atoms with van der Waals surface area (Å²) in [5.41, 5.74) is 6.12. The minimum atomic E-state index is -2.99. The third kappa shape index (κ3) is 3.62. The van der Waals surface area contributed by atoms with E-state index in [0.717, 1.165) is 5.56 Å². The van der Waals surface area contributed by atoms with E-state index >= 15 is 0 Å². The number of piperazine rings is 1. The Morgan fingerprint density at radius 1 is 1.20 bits per heavy atom. The summed E-state index contributed by atoms with van der Waals surface area (Å²) >= 11 is 5.91. The van der Waals surface area contributed by atoms with Crippen molar-refractivity contribution in [3.63, 3.8) is 0 Å². The largest absolute Gasteiger partial charge is 0.339 e. The lowest BCUT2D eigenvalue weighted by atomic mass is 10.1. The maximum Gasteiger partial charge on any atom is 0.265 e. The summed E-state index contributed by atoms with van der Waals surface area (Å²) < 4.78 is 27.1. The normalized spacial score (nSPS) is 25.0. The Morgan fingerprint density at radius 2 is 1.84 bits per heavy atom. The van der Waals surface area contributed by atoms with Crippen LogP contribution >= 0.6 is 11.6 Å². The predicted octanol–water partition coefficient (Wildman–Crippen LogP) is 1.39. The lowest BCUT2D eigenvalue weighted by Gasteiger charge is -2.35. The molecule has 0 aromatic heterocycles. The minimum absolute atomic E-state index is 0.0639. The van der Waals surface area contributed by atoms with Gasteiger partial charge in [-0.3, -0.25) is 9.59 Å². The van der Waals surface area contributed by atoms with Crippen molar-refractivity contribution in [1.82, 2.24) is 9.80 Å². The number of hydrogen-bond acceptors (Lipinski definition) is 3. The van der Waals surface area contributed by atoms with E-state index in [1.54, 1.807) is 23.1 Å². The van der Waals surface area contributed by atoms with Crippen molar-refractivity contribution in [2.75, 3.05) is 32.7 Å². The first-order valence-corrected chi connectivity index (χ1v) is 8.61. The van der Waals surface area contributed by atoms with Crippen LogP contribution in [0.15, 0.2) is 24.3 Å². The zero-order valence-corrected chi connectivity index (χ0v) is 14.4. The molecule has 0 spiro atoms. The van der Waals surface area contributed by atoms with Gasteiger partial charge in [-0.2, -0.15) is 0 Å². The highest BCUT2D eigenvalue weighted by Gasteiger charge is 2.71. The highest BCUT2D eigenvalue weighted by atomic mass is 35.5. The molecule has 136 valence electrons. The molecule has 3 rings (SSSR count). The molecule has 0 unspecified atom stereocenters. The van der Waals surface area contributed by atoms with E-state index in [4.69, 9.17) is 17.3 Å². The van der Waals surface area contributed by atoms with Crippen LogP contribution < -0.4 is 5.73 Å². The molecule has 8 heteroatoms. The fourth-order valence-corrected chi connectivity index (χ4v) is 3.54. The Morgan fingerprint density at radius 3 is 2.40 bits per heavy atom. The quantitative estimate of drug-likeness (QED) is 0.869. The van der Waals surface area contributed by atoms with Crippen molar-refractivity contribution < 1.29 is 18.4 Å². The molecule has 1 aliphatic heterocycles. The molecule has 1 heterocycles. The first-order chi connectivity index (χ1) is 11.8. The molecular formula is C17H20ClF2N3O2. The van der Waals surface area contributed by atoms with E-state index in [2.05, 4.69) is 0 Å². The molecule has 0 radical (unpaired) electrons. The Hall–Kier alpha value is -1.73. The van der Waals surface area contributed by atoms with E-state index in [1.807, 2.05) is 6.07 Å². The average Bonchev–Trinajstić information content (AvgIpc) is 3.15. The summed E-state index contributed by atoms with van der Waals surface area (Å²) in [6, 6.07) is 7.08. The number of benzene rings is 1. The van der Waals surface area contributed by atoms with Crippen molar-refractivity contribution in [3.8, 4) is 0 Å². The summed E-state index contributed by atoms with van der Waals surface area (Å²) in [5.74, 6) is -5.97. The van der Waals surface area contributed by atoms with Gasteiger partial charge in [0.2, 0.25) is 11.8 Å². The molecule has 1 saturated heterocycles. The molecule has 1 aromatic rings. The minimum Gasteiger partial charge on any atom is -0.339 e. The Balaban J connectivity index is 1.52. The van der Waals surface area contributed by atoms with Gasteiger partial charge in [0.25, 0.3) is 5.92 Å². The van der Waals surface area contributed by atoms with Crippen molar-refractivity contribution in [2.45, 2.75) is 12.3 Å². The summed E-state index contributed by atoms with van der Waals surface area (Å²) in [5, 5.41) is 0.570. The van der Waals surface area contributed by atoms with Crippen molar-refractivity contribution in [2.24, 2.45) is 17.6 Å². The molecule has 25 heavy (non-hydrogen) atoms. The zero-order chi connectivity index (χ0) is 18.2. The number of hydrogen-bond donors (Lipinski definition) is 1. The van der Waals surface area contributed by atoms with Gasteiger partial charge in [-0.1, -0.05) is 23.7 Å². The van der Waals surface area contributed by atoms with Crippen molar-refractivity contribution in [1.29, 1.82) is 0 Å².